The molecule has 2 aromatic carbocycles. The van der Waals surface area contributed by atoms with Gasteiger partial charge in [-0.15, -0.1) is 0 Å². The topological polar surface area (TPSA) is 102 Å². The Morgan fingerprint density at radius 2 is 1.90 bits per heavy atom. The van der Waals surface area contributed by atoms with E-state index in [9.17, 15) is 24.1 Å². The van der Waals surface area contributed by atoms with Gasteiger partial charge in [0.2, 0.25) is 0 Å². The molecule has 9 heteroatoms. The van der Waals surface area contributed by atoms with Gasteiger partial charge in [-0.25, -0.2) is 9.18 Å². The van der Waals surface area contributed by atoms with Crippen molar-refractivity contribution in [3.05, 3.63) is 64.0 Å². The number of hydrogen-bond acceptors (Lipinski definition) is 6. The second-order valence-corrected chi connectivity index (χ2v) is 6.67. The zero-order valence-corrected chi connectivity index (χ0v) is 15.8. The second-order valence-electron chi connectivity index (χ2n) is 6.67. The van der Waals surface area contributed by atoms with Crippen LogP contribution in [-0.4, -0.2) is 36.0 Å². The molecule has 0 aliphatic carbocycles. The third-order valence-electron chi connectivity index (χ3n) is 4.64. The molecule has 1 atom stereocenters. The molecular weight excluding hydrogens is 381 g/mol. The first-order valence-corrected chi connectivity index (χ1v) is 9.16. The van der Waals surface area contributed by atoms with E-state index in [2.05, 4.69) is 5.32 Å². The summed E-state index contributed by atoms with van der Waals surface area (Å²) in [6, 6.07) is 9.70. The maximum atomic E-state index is 13.6. The van der Waals surface area contributed by atoms with Crippen LogP contribution in [0.25, 0.3) is 0 Å². The Kier molecular flexibility index (Phi) is 6.06. The van der Waals surface area contributed by atoms with E-state index in [0.717, 1.165) is 32.0 Å². The molecule has 0 spiro atoms. The van der Waals surface area contributed by atoms with Crippen LogP contribution < -0.4 is 10.2 Å². The summed E-state index contributed by atoms with van der Waals surface area (Å²) in [5, 5.41) is 13.8. The van der Waals surface area contributed by atoms with Gasteiger partial charge in [-0.2, -0.15) is 0 Å². The zero-order chi connectivity index (χ0) is 21.0. The van der Waals surface area contributed by atoms with Gasteiger partial charge in [0.25, 0.3) is 11.6 Å². The van der Waals surface area contributed by atoms with Gasteiger partial charge >= 0.3 is 5.97 Å². The summed E-state index contributed by atoms with van der Waals surface area (Å²) in [5.41, 5.74) is 0.190. The van der Waals surface area contributed by atoms with Crippen LogP contribution in [0.4, 0.5) is 21.5 Å². The number of nitro groups is 1. The van der Waals surface area contributed by atoms with Crippen LogP contribution in [0.5, 0.6) is 0 Å². The highest BCUT2D eigenvalue weighted by Crippen LogP contribution is 2.32. The molecule has 3 rings (SSSR count). The summed E-state index contributed by atoms with van der Waals surface area (Å²) in [6.45, 7) is 2.77. The number of para-hydroxylation sites is 1. The standard InChI is InChI=1S/C20H20FN3O5/c1-13(19(25)22-16-7-3-2-6-15(16)21)29-20(26)14-8-9-17(18(12-14)24(27)28)23-10-4-5-11-23/h2-3,6-9,12-13H,4-5,10-11H2,1H3,(H,22,25)/t13-/m0/s1. The molecule has 1 heterocycles. The first kappa shape index (κ1) is 20.2. The van der Waals surface area contributed by atoms with Gasteiger partial charge in [-0.3, -0.25) is 14.9 Å². The Bertz CT molecular complexity index is 943. The van der Waals surface area contributed by atoms with Crippen LogP contribution in [0.15, 0.2) is 42.5 Å². The second kappa shape index (κ2) is 8.68. The maximum absolute atomic E-state index is 13.6. The number of nitro benzene ring substituents is 1. The Morgan fingerprint density at radius 1 is 1.21 bits per heavy atom. The molecule has 1 amide bonds. The molecule has 1 aliphatic heterocycles. The molecule has 29 heavy (non-hydrogen) atoms. The minimum absolute atomic E-state index is 0.0361. The smallest absolute Gasteiger partial charge is 0.339 e. The van der Waals surface area contributed by atoms with Crippen molar-refractivity contribution in [2.24, 2.45) is 0 Å². The average Bonchev–Trinajstić information content (AvgIpc) is 3.23. The van der Waals surface area contributed by atoms with E-state index in [1.807, 2.05) is 4.90 Å². The van der Waals surface area contributed by atoms with Gasteiger partial charge in [-0.05, 0) is 44.0 Å². The fourth-order valence-corrected chi connectivity index (χ4v) is 3.10. The molecule has 8 nitrogen and oxygen atoms in total. The number of carbonyl (C=O) groups excluding carboxylic acids is 2. The summed E-state index contributed by atoms with van der Waals surface area (Å²) >= 11 is 0. The lowest BCUT2D eigenvalue weighted by Gasteiger charge is -2.18. The maximum Gasteiger partial charge on any atom is 0.339 e. The summed E-state index contributed by atoms with van der Waals surface area (Å²) in [4.78, 5) is 37.3. The summed E-state index contributed by atoms with van der Waals surface area (Å²) in [6.07, 6.45) is 0.685. The van der Waals surface area contributed by atoms with Gasteiger partial charge in [0.15, 0.2) is 6.10 Å². The number of anilines is 2. The molecule has 152 valence electrons. The van der Waals surface area contributed by atoms with Crippen LogP contribution in [0, 0.1) is 15.9 Å². The predicted molar refractivity (Wildman–Crippen MR) is 104 cm³/mol. The van der Waals surface area contributed by atoms with Crippen LogP contribution >= 0.6 is 0 Å². The van der Waals surface area contributed by atoms with Crippen molar-refractivity contribution >= 4 is 28.9 Å². The van der Waals surface area contributed by atoms with E-state index in [1.54, 1.807) is 6.07 Å². The highest BCUT2D eigenvalue weighted by atomic mass is 19.1. The highest BCUT2D eigenvalue weighted by molar-refractivity contribution is 5.98. The fourth-order valence-electron chi connectivity index (χ4n) is 3.10. The van der Waals surface area contributed by atoms with Crippen molar-refractivity contribution in [1.29, 1.82) is 0 Å². The number of benzene rings is 2. The lowest BCUT2D eigenvalue weighted by atomic mass is 10.1. The lowest BCUT2D eigenvalue weighted by Crippen LogP contribution is -2.30. The Hall–Kier alpha value is -3.49. The van der Waals surface area contributed by atoms with E-state index < -0.39 is 28.7 Å². The van der Waals surface area contributed by atoms with Crippen LogP contribution in [-0.2, 0) is 9.53 Å². The van der Waals surface area contributed by atoms with Crippen molar-refractivity contribution < 1.29 is 23.6 Å². The molecule has 2 aromatic rings. The fraction of sp³-hybridized carbons (Fsp3) is 0.300. The average molecular weight is 401 g/mol. The molecule has 0 bridgehead atoms. The number of nitrogens with one attached hydrogen (secondary N) is 1. The largest absolute Gasteiger partial charge is 0.449 e. The number of ether oxygens (including phenoxy) is 1. The summed E-state index contributed by atoms with van der Waals surface area (Å²) < 4.78 is 18.7. The van der Waals surface area contributed by atoms with Crippen LogP contribution in [0.3, 0.4) is 0 Å². The van der Waals surface area contributed by atoms with Crippen molar-refractivity contribution in [2.45, 2.75) is 25.9 Å². The number of carbonyl (C=O) groups is 2. The Balaban J connectivity index is 1.71. The highest BCUT2D eigenvalue weighted by Gasteiger charge is 2.26. The normalized spacial score (nSPS) is 14.3. The Labute approximate surface area is 166 Å². The molecule has 1 fully saturated rings. The number of nitrogens with zero attached hydrogens (tertiary/aromatic N) is 2. The predicted octanol–water partition coefficient (Wildman–Crippen LogP) is 3.52. The van der Waals surface area contributed by atoms with E-state index in [1.165, 1.54) is 37.3 Å². The van der Waals surface area contributed by atoms with E-state index >= 15 is 0 Å². The molecule has 1 saturated heterocycles. The Morgan fingerprint density at radius 3 is 2.55 bits per heavy atom. The third-order valence-corrected chi connectivity index (χ3v) is 4.64. The van der Waals surface area contributed by atoms with Gasteiger partial charge in [0.05, 0.1) is 16.2 Å². The SMILES string of the molecule is C[C@H](OC(=O)c1ccc(N2CCCC2)c([N+](=O)[O-])c1)C(=O)Nc1ccccc1F. The van der Waals surface area contributed by atoms with E-state index in [-0.39, 0.29) is 16.9 Å². The van der Waals surface area contributed by atoms with E-state index in [4.69, 9.17) is 4.74 Å². The molecule has 0 aromatic heterocycles. The number of esters is 1. The van der Waals surface area contributed by atoms with Gasteiger partial charge < -0.3 is 15.0 Å². The molecule has 0 saturated carbocycles. The monoisotopic (exact) mass is 401 g/mol. The van der Waals surface area contributed by atoms with E-state index in [0.29, 0.717) is 5.69 Å². The van der Waals surface area contributed by atoms with Gasteiger partial charge in [0.1, 0.15) is 11.5 Å². The minimum atomic E-state index is -1.22. The third kappa shape index (κ3) is 4.68. The molecule has 1 aliphatic rings. The van der Waals surface area contributed by atoms with Gasteiger partial charge in [0, 0.05) is 19.2 Å². The first-order chi connectivity index (χ1) is 13.9. The number of rotatable bonds is 6. The number of hydrogen-bond donors (Lipinski definition) is 1. The van der Waals surface area contributed by atoms with Crippen LogP contribution in [0.2, 0.25) is 0 Å². The molecule has 0 unspecified atom stereocenters. The number of amides is 1. The summed E-state index contributed by atoms with van der Waals surface area (Å²) in [7, 11) is 0. The zero-order valence-electron chi connectivity index (χ0n) is 15.8. The molecule has 1 N–H and O–H groups in total. The van der Waals surface area contributed by atoms with Crippen molar-refractivity contribution in [2.75, 3.05) is 23.3 Å². The van der Waals surface area contributed by atoms with Gasteiger partial charge in [-0.1, -0.05) is 12.1 Å². The summed E-state index contributed by atoms with van der Waals surface area (Å²) in [5.74, 6) is -2.21. The minimum Gasteiger partial charge on any atom is -0.449 e. The first-order valence-electron chi connectivity index (χ1n) is 9.16. The molecule has 0 radical (unpaired) electrons. The van der Waals surface area contributed by atoms with Crippen molar-refractivity contribution in [3.63, 3.8) is 0 Å². The molecular formula is C20H20FN3O5. The lowest BCUT2D eigenvalue weighted by molar-refractivity contribution is -0.384. The van der Waals surface area contributed by atoms with Crippen LogP contribution in [0.1, 0.15) is 30.1 Å². The van der Waals surface area contributed by atoms with Crippen molar-refractivity contribution in [1.82, 2.24) is 0 Å². The number of halogens is 1. The quantitative estimate of drug-likeness (QED) is 0.451. The van der Waals surface area contributed by atoms with Crippen molar-refractivity contribution in [3.8, 4) is 0 Å².